The number of halogens is 1. The van der Waals surface area contributed by atoms with Gasteiger partial charge in [-0.15, -0.1) is 0 Å². The maximum atomic E-state index is 12.8. The minimum Gasteiger partial charge on any atom is -0.496 e. The molecule has 1 N–H and O–H groups in total. The van der Waals surface area contributed by atoms with Crippen LogP contribution in [0.2, 0.25) is 5.02 Å². The largest absolute Gasteiger partial charge is 0.496 e. The standard InChI is InChI=1S/C20H15ClN2O4/c1-27-19-9-5-2-6-15(19)20(24)14-11-10-13(12-16(14)21)22-17-7-3-4-8-18(17)23(25)26/h2-12,22H,1H3. The number of hydrogen-bond acceptors (Lipinski definition) is 5. The predicted molar refractivity (Wildman–Crippen MR) is 104 cm³/mol. The molecule has 0 atom stereocenters. The van der Waals surface area contributed by atoms with E-state index >= 15 is 0 Å². The third-order valence-corrected chi connectivity index (χ3v) is 4.26. The monoisotopic (exact) mass is 382 g/mol. The third-order valence-electron chi connectivity index (χ3n) is 3.95. The van der Waals surface area contributed by atoms with Crippen LogP contribution >= 0.6 is 11.6 Å². The average molecular weight is 383 g/mol. The number of carbonyl (C=O) groups excluding carboxylic acids is 1. The summed E-state index contributed by atoms with van der Waals surface area (Å²) < 4.78 is 5.23. The van der Waals surface area contributed by atoms with Crippen molar-refractivity contribution in [2.24, 2.45) is 0 Å². The van der Waals surface area contributed by atoms with E-state index in [1.807, 2.05) is 0 Å². The maximum Gasteiger partial charge on any atom is 0.292 e. The Morgan fingerprint density at radius 2 is 1.74 bits per heavy atom. The van der Waals surface area contributed by atoms with Crippen LogP contribution in [0.4, 0.5) is 17.1 Å². The number of hydrogen-bond donors (Lipinski definition) is 1. The highest BCUT2D eigenvalue weighted by Gasteiger charge is 2.18. The summed E-state index contributed by atoms with van der Waals surface area (Å²) in [6, 6.07) is 17.9. The fourth-order valence-electron chi connectivity index (χ4n) is 2.65. The van der Waals surface area contributed by atoms with Crippen molar-refractivity contribution in [1.29, 1.82) is 0 Å². The van der Waals surface area contributed by atoms with Crippen molar-refractivity contribution < 1.29 is 14.5 Å². The zero-order valence-electron chi connectivity index (χ0n) is 14.3. The summed E-state index contributed by atoms with van der Waals surface area (Å²) in [6.45, 7) is 0. The van der Waals surface area contributed by atoms with Gasteiger partial charge in [0.25, 0.3) is 5.69 Å². The zero-order chi connectivity index (χ0) is 19.4. The molecule has 136 valence electrons. The first-order valence-corrected chi connectivity index (χ1v) is 8.36. The average Bonchev–Trinajstić information content (AvgIpc) is 2.68. The third kappa shape index (κ3) is 3.91. The molecule has 0 aliphatic rings. The van der Waals surface area contributed by atoms with Crippen LogP contribution in [-0.2, 0) is 0 Å². The highest BCUT2D eigenvalue weighted by molar-refractivity contribution is 6.35. The lowest BCUT2D eigenvalue weighted by Crippen LogP contribution is -2.05. The molecule has 3 aromatic carbocycles. The van der Waals surface area contributed by atoms with E-state index < -0.39 is 4.92 Å². The number of nitro benzene ring substituents is 1. The highest BCUT2D eigenvalue weighted by atomic mass is 35.5. The van der Waals surface area contributed by atoms with Gasteiger partial charge in [0, 0.05) is 17.3 Å². The molecule has 0 heterocycles. The van der Waals surface area contributed by atoms with Crippen molar-refractivity contribution in [3.05, 3.63) is 93.0 Å². The van der Waals surface area contributed by atoms with E-state index in [1.54, 1.807) is 60.7 Å². The number of methoxy groups -OCH3 is 1. The van der Waals surface area contributed by atoms with Crippen LogP contribution in [-0.4, -0.2) is 17.8 Å². The molecule has 0 saturated carbocycles. The quantitative estimate of drug-likeness (QED) is 0.358. The lowest BCUT2D eigenvalue weighted by molar-refractivity contribution is -0.383. The number of ether oxygens (including phenoxy) is 1. The van der Waals surface area contributed by atoms with Crippen molar-refractivity contribution in [2.45, 2.75) is 0 Å². The summed E-state index contributed by atoms with van der Waals surface area (Å²) in [5.41, 5.74) is 1.53. The van der Waals surface area contributed by atoms with Crippen LogP contribution in [0.25, 0.3) is 0 Å². The van der Waals surface area contributed by atoms with Gasteiger partial charge in [0.1, 0.15) is 11.4 Å². The van der Waals surface area contributed by atoms with Crippen molar-refractivity contribution in [3.8, 4) is 5.75 Å². The normalized spacial score (nSPS) is 10.3. The zero-order valence-corrected chi connectivity index (χ0v) is 15.1. The Morgan fingerprint density at radius 3 is 2.44 bits per heavy atom. The molecule has 0 saturated heterocycles. The van der Waals surface area contributed by atoms with Gasteiger partial charge < -0.3 is 10.1 Å². The smallest absolute Gasteiger partial charge is 0.292 e. The Kier molecular flexibility index (Phi) is 5.38. The lowest BCUT2D eigenvalue weighted by Gasteiger charge is -2.11. The van der Waals surface area contributed by atoms with Gasteiger partial charge in [-0.3, -0.25) is 14.9 Å². The number of nitrogens with zero attached hydrogens (tertiary/aromatic N) is 1. The lowest BCUT2D eigenvalue weighted by atomic mass is 10.0. The molecule has 3 aromatic rings. The summed E-state index contributed by atoms with van der Waals surface area (Å²) in [7, 11) is 1.49. The van der Waals surface area contributed by atoms with Crippen LogP contribution in [0.5, 0.6) is 5.75 Å². The molecule has 3 rings (SSSR count). The summed E-state index contributed by atoms with van der Waals surface area (Å²) in [5.74, 6) is 0.190. The van der Waals surface area contributed by atoms with Gasteiger partial charge in [0.2, 0.25) is 0 Å². The summed E-state index contributed by atoms with van der Waals surface area (Å²) in [5, 5.41) is 14.3. The number of carbonyl (C=O) groups is 1. The fraction of sp³-hybridized carbons (Fsp3) is 0.0500. The molecule has 0 unspecified atom stereocenters. The van der Waals surface area contributed by atoms with Crippen molar-refractivity contribution in [3.63, 3.8) is 0 Å². The summed E-state index contributed by atoms with van der Waals surface area (Å²) in [4.78, 5) is 23.4. The molecule has 27 heavy (non-hydrogen) atoms. The maximum absolute atomic E-state index is 12.8. The fourth-order valence-corrected chi connectivity index (χ4v) is 2.91. The number of benzene rings is 3. The topological polar surface area (TPSA) is 81.5 Å². The van der Waals surface area contributed by atoms with Gasteiger partial charge in [-0.05, 0) is 36.4 Å². The van der Waals surface area contributed by atoms with Crippen LogP contribution in [0.15, 0.2) is 66.7 Å². The second kappa shape index (κ2) is 7.88. The first-order chi connectivity index (χ1) is 13.0. The molecule has 0 aliphatic heterocycles. The predicted octanol–water partition coefficient (Wildman–Crippen LogP) is 5.23. The molecule has 7 heteroatoms. The molecular weight excluding hydrogens is 368 g/mol. The van der Waals surface area contributed by atoms with Crippen molar-refractivity contribution >= 4 is 34.4 Å². The number of rotatable bonds is 6. The summed E-state index contributed by atoms with van der Waals surface area (Å²) >= 11 is 6.30. The van der Waals surface area contributed by atoms with E-state index in [-0.39, 0.29) is 16.5 Å². The SMILES string of the molecule is COc1ccccc1C(=O)c1ccc(Nc2ccccc2[N+](=O)[O-])cc1Cl. The van der Waals surface area contributed by atoms with Gasteiger partial charge in [-0.2, -0.15) is 0 Å². The molecular formula is C20H15ClN2O4. The first-order valence-electron chi connectivity index (χ1n) is 7.99. The van der Waals surface area contributed by atoms with Gasteiger partial charge in [0.15, 0.2) is 5.78 Å². The van der Waals surface area contributed by atoms with Crippen LogP contribution in [0.3, 0.4) is 0 Å². The Hall–Kier alpha value is -3.38. The molecule has 0 fully saturated rings. The Morgan fingerprint density at radius 1 is 1.04 bits per heavy atom. The molecule has 0 aliphatic carbocycles. The van der Waals surface area contributed by atoms with Gasteiger partial charge in [-0.25, -0.2) is 0 Å². The Labute approximate surface area is 160 Å². The number of ketones is 1. The number of anilines is 2. The highest BCUT2D eigenvalue weighted by Crippen LogP contribution is 2.31. The second-order valence-electron chi connectivity index (χ2n) is 5.62. The minimum absolute atomic E-state index is 0.0530. The Balaban J connectivity index is 1.91. The molecule has 0 radical (unpaired) electrons. The van der Waals surface area contributed by atoms with Gasteiger partial charge in [-0.1, -0.05) is 35.9 Å². The molecule has 6 nitrogen and oxygen atoms in total. The van der Waals surface area contributed by atoms with E-state index in [0.29, 0.717) is 28.3 Å². The molecule has 0 spiro atoms. The first kappa shape index (κ1) is 18.4. The van der Waals surface area contributed by atoms with Gasteiger partial charge in [0.05, 0.1) is 22.6 Å². The van der Waals surface area contributed by atoms with Crippen LogP contribution in [0, 0.1) is 10.1 Å². The minimum atomic E-state index is -0.469. The van der Waals surface area contributed by atoms with Gasteiger partial charge >= 0.3 is 0 Å². The number of nitrogens with one attached hydrogen (secondary N) is 1. The van der Waals surface area contributed by atoms with E-state index in [2.05, 4.69) is 5.32 Å². The number of para-hydroxylation sites is 3. The second-order valence-corrected chi connectivity index (χ2v) is 6.03. The van der Waals surface area contributed by atoms with E-state index in [9.17, 15) is 14.9 Å². The van der Waals surface area contributed by atoms with Crippen LogP contribution in [0.1, 0.15) is 15.9 Å². The van der Waals surface area contributed by atoms with Crippen molar-refractivity contribution in [2.75, 3.05) is 12.4 Å². The van der Waals surface area contributed by atoms with E-state index in [4.69, 9.17) is 16.3 Å². The van der Waals surface area contributed by atoms with Crippen molar-refractivity contribution in [1.82, 2.24) is 0 Å². The van der Waals surface area contributed by atoms with E-state index in [0.717, 1.165) is 0 Å². The Bertz CT molecular complexity index is 1020. The van der Waals surface area contributed by atoms with Crippen LogP contribution < -0.4 is 10.1 Å². The molecule has 0 bridgehead atoms. The summed E-state index contributed by atoms with van der Waals surface area (Å²) in [6.07, 6.45) is 0. The molecule has 0 aromatic heterocycles. The molecule has 0 amide bonds. The van der Waals surface area contributed by atoms with E-state index in [1.165, 1.54) is 13.2 Å². The number of nitro groups is 1.